The Labute approximate surface area is 160 Å². The number of hydrogen-bond donors (Lipinski definition) is 0. The molecule has 5 heteroatoms. The molecule has 0 atom stereocenters. The van der Waals surface area contributed by atoms with Gasteiger partial charge in [-0.05, 0) is 30.0 Å². The highest BCUT2D eigenvalue weighted by atomic mass is 35.5. The summed E-state index contributed by atoms with van der Waals surface area (Å²) in [6.07, 6.45) is 6.07. The van der Waals surface area contributed by atoms with Gasteiger partial charge in [0.25, 0.3) is 0 Å². The zero-order valence-corrected chi connectivity index (χ0v) is 17.1. The number of halogens is 1. The number of nitrogens with zero attached hydrogens (tertiary/aromatic N) is 1. The molecule has 0 saturated heterocycles. The molecule has 1 aliphatic rings. The molecular weight excluding hydrogens is 354 g/mol. The van der Waals surface area contributed by atoms with Crippen LogP contribution in [0.2, 0.25) is 5.02 Å². The standard InChI is InChI=1S/C20H26ClNO2S/c1-6-7-10-22-13-18(20(2,3)4)25-19(22)12-16(23)15-11-14(21)8-9-17(15)24-5/h8-9,11-13H,6-7,10H2,1-5H3. The first-order valence-corrected chi connectivity index (χ1v) is 9.72. The predicted molar refractivity (Wildman–Crippen MR) is 107 cm³/mol. The summed E-state index contributed by atoms with van der Waals surface area (Å²) in [5.41, 5.74) is 0.546. The summed E-state index contributed by atoms with van der Waals surface area (Å²) in [7, 11) is 1.56. The lowest BCUT2D eigenvalue weighted by molar-refractivity contribution is 0.104. The first kappa shape index (κ1) is 19.9. The lowest BCUT2D eigenvalue weighted by Gasteiger charge is -2.17. The molecule has 0 amide bonds. The number of ether oxygens (including phenoxy) is 1. The third-order valence-electron chi connectivity index (χ3n) is 3.94. The maximum atomic E-state index is 12.8. The minimum Gasteiger partial charge on any atom is -0.496 e. The first-order chi connectivity index (χ1) is 11.8. The Morgan fingerprint density at radius 1 is 1.36 bits per heavy atom. The van der Waals surface area contributed by atoms with Crippen LogP contribution in [0.15, 0.2) is 40.4 Å². The van der Waals surface area contributed by atoms with Crippen LogP contribution in [-0.4, -0.2) is 24.3 Å². The van der Waals surface area contributed by atoms with Crippen LogP contribution in [0.5, 0.6) is 5.75 Å². The fraction of sp³-hybridized carbons (Fsp3) is 0.450. The zero-order chi connectivity index (χ0) is 18.6. The minimum atomic E-state index is -0.0908. The third-order valence-corrected chi connectivity index (χ3v) is 5.68. The van der Waals surface area contributed by atoms with Crippen molar-refractivity contribution < 1.29 is 9.53 Å². The van der Waals surface area contributed by atoms with Gasteiger partial charge < -0.3 is 9.64 Å². The number of carbonyl (C=O) groups excluding carboxylic acids is 1. The smallest absolute Gasteiger partial charge is 0.192 e. The van der Waals surface area contributed by atoms with E-state index in [1.54, 1.807) is 43.1 Å². The molecule has 0 fully saturated rings. The Hall–Kier alpha value is -1.39. The molecule has 0 bridgehead atoms. The summed E-state index contributed by atoms with van der Waals surface area (Å²) in [6, 6.07) is 5.11. The topological polar surface area (TPSA) is 29.5 Å². The van der Waals surface area contributed by atoms with Crippen molar-refractivity contribution in [3.63, 3.8) is 0 Å². The van der Waals surface area contributed by atoms with Crippen LogP contribution in [0, 0.1) is 5.41 Å². The van der Waals surface area contributed by atoms with Crippen LogP contribution in [0.1, 0.15) is 50.9 Å². The first-order valence-electron chi connectivity index (χ1n) is 8.52. The van der Waals surface area contributed by atoms with Gasteiger partial charge in [-0.3, -0.25) is 4.79 Å². The van der Waals surface area contributed by atoms with Gasteiger partial charge in [-0.1, -0.05) is 57.5 Å². The minimum absolute atomic E-state index is 0.0571. The maximum Gasteiger partial charge on any atom is 0.192 e. The molecule has 0 N–H and O–H groups in total. The molecule has 1 aromatic carbocycles. The number of rotatable bonds is 6. The molecule has 1 heterocycles. The van der Waals surface area contributed by atoms with E-state index in [-0.39, 0.29) is 11.2 Å². The van der Waals surface area contributed by atoms with Crippen molar-refractivity contribution in [1.29, 1.82) is 0 Å². The van der Waals surface area contributed by atoms with Crippen molar-refractivity contribution in [3.8, 4) is 5.75 Å². The largest absolute Gasteiger partial charge is 0.496 e. The number of allylic oxidation sites excluding steroid dienone is 2. The molecule has 0 unspecified atom stereocenters. The highest BCUT2D eigenvalue weighted by molar-refractivity contribution is 8.07. The number of carbonyl (C=O) groups is 1. The van der Waals surface area contributed by atoms with Gasteiger partial charge in [0, 0.05) is 28.7 Å². The van der Waals surface area contributed by atoms with Gasteiger partial charge in [-0.15, -0.1) is 0 Å². The van der Waals surface area contributed by atoms with Gasteiger partial charge in [-0.25, -0.2) is 0 Å². The Bertz CT molecular complexity index is 704. The normalized spacial score (nSPS) is 16.3. The van der Waals surface area contributed by atoms with E-state index in [0.717, 1.165) is 24.4 Å². The van der Waals surface area contributed by atoms with Crippen molar-refractivity contribution >= 4 is 29.1 Å². The summed E-state index contributed by atoms with van der Waals surface area (Å²) < 4.78 is 5.31. The summed E-state index contributed by atoms with van der Waals surface area (Å²) in [4.78, 5) is 16.3. The molecule has 136 valence electrons. The molecule has 0 radical (unpaired) electrons. The van der Waals surface area contributed by atoms with Crippen molar-refractivity contribution in [2.45, 2.75) is 40.5 Å². The average Bonchev–Trinajstić information content (AvgIpc) is 2.95. The fourth-order valence-electron chi connectivity index (χ4n) is 2.43. The van der Waals surface area contributed by atoms with Crippen LogP contribution >= 0.6 is 23.4 Å². The van der Waals surface area contributed by atoms with E-state index in [9.17, 15) is 4.79 Å². The Morgan fingerprint density at radius 2 is 2.08 bits per heavy atom. The number of methoxy groups -OCH3 is 1. The molecule has 0 aliphatic carbocycles. The summed E-state index contributed by atoms with van der Waals surface area (Å²) in [5.74, 6) is 0.449. The second kappa shape index (κ2) is 8.33. The molecule has 1 aromatic rings. The number of unbranched alkanes of at least 4 members (excludes halogenated alkanes) is 1. The Kier molecular flexibility index (Phi) is 6.64. The second-order valence-electron chi connectivity index (χ2n) is 7.08. The highest BCUT2D eigenvalue weighted by Crippen LogP contribution is 2.45. The van der Waals surface area contributed by atoms with Gasteiger partial charge >= 0.3 is 0 Å². The van der Waals surface area contributed by atoms with Crippen LogP contribution in [-0.2, 0) is 0 Å². The molecule has 0 spiro atoms. The monoisotopic (exact) mass is 379 g/mol. The molecule has 0 aromatic heterocycles. The van der Waals surface area contributed by atoms with Crippen LogP contribution in [0.4, 0.5) is 0 Å². The van der Waals surface area contributed by atoms with Gasteiger partial charge in [0.2, 0.25) is 0 Å². The predicted octanol–water partition coefficient (Wildman–Crippen LogP) is 6.11. The van der Waals surface area contributed by atoms with Crippen LogP contribution in [0.25, 0.3) is 0 Å². The molecular formula is C20H26ClNO2S. The lowest BCUT2D eigenvalue weighted by Crippen LogP contribution is -2.14. The van der Waals surface area contributed by atoms with E-state index in [4.69, 9.17) is 16.3 Å². The van der Waals surface area contributed by atoms with Crippen molar-refractivity contribution in [1.82, 2.24) is 4.90 Å². The van der Waals surface area contributed by atoms with Crippen LogP contribution < -0.4 is 4.74 Å². The number of benzene rings is 1. The van der Waals surface area contributed by atoms with Crippen molar-refractivity contribution in [2.24, 2.45) is 5.41 Å². The number of ketones is 1. The summed E-state index contributed by atoms with van der Waals surface area (Å²) >= 11 is 7.73. The highest BCUT2D eigenvalue weighted by Gasteiger charge is 2.28. The van der Waals surface area contributed by atoms with Gasteiger partial charge in [-0.2, -0.15) is 0 Å². The SMILES string of the molecule is CCCCN1C=C(C(C)(C)C)SC1=CC(=O)c1cc(Cl)ccc1OC. The molecule has 2 rings (SSSR count). The molecule has 25 heavy (non-hydrogen) atoms. The fourth-order valence-corrected chi connectivity index (χ4v) is 3.74. The summed E-state index contributed by atoms with van der Waals surface area (Å²) in [5, 5.41) is 1.49. The third kappa shape index (κ3) is 5.05. The van der Waals surface area contributed by atoms with Gasteiger partial charge in [0.05, 0.1) is 17.7 Å². The lowest BCUT2D eigenvalue weighted by atomic mass is 9.96. The summed E-state index contributed by atoms with van der Waals surface area (Å²) in [6.45, 7) is 9.65. The molecule has 1 aliphatic heterocycles. The Balaban J connectivity index is 2.32. The van der Waals surface area contributed by atoms with E-state index < -0.39 is 0 Å². The van der Waals surface area contributed by atoms with E-state index in [2.05, 4.69) is 38.8 Å². The van der Waals surface area contributed by atoms with Crippen molar-refractivity contribution in [2.75, 3.05) is 13.7 Å². The molecule has 3 nitrogen and oxygen atoms in total. The van der Waals surface area contributed by atoms with E-state index in [1.807, 2.05) is 0 Å². The number of hydrogen-bond acceptors (Lipinski definition) is 4. The quantitative estimate of drug-likeness (QED) is 0.440. The van der Waals surface area contributed by atoms with E-state index in [0.29, 0.717) is 16.3 Å². The van der Waals surface area contributed by atoms with Crippen LogP contribution in [0.3, 0.4) is 0 Å². The van der Waals surface area contributed by atoms with Gasteiger partial charge in [0.15, 0.2) is 5.78 Å². The van der Waals surface area contributed by atoms with E-state index in [1.165, 1.54) is 4.91 Å². The maximum absolute atomic E-state index is 12.8. The Morgan fingerprint density at radius 3 is 2.68 bits per heavy atom. The van der Waals surface area contributed by atoms with Gasteiger partial charge in [0.1, 0.15) is 5.75 Å². The second-order valence-corrected chi connectivity index (χ2v) is 8.58. The average molecular weight is 380 g/mol. The van der Waals surface area contributed by atoms with E-state index >= 15 is 0 Å². The number of thioether (sulfide) groups is 1. The zero-order valence-electron chi connectivity index (χ0n) is 15.6. The van der Waals surface area contributed by atoms with Crippen molar-refractivity contribution in [3.05, 3.63) is 51.0 Å². The molecule has 0 saturated carbocycles.